The van der Waals surface area contributed by atoms with Crippen molar-refractivity contribution in [3.8, 4) is 0 Å². The molecule has 0 radical (unpaired) electrons. The molecule has 0 heteroatoms. The molecule has 1 atom stereocenters. The van der Waals surface area contributed by atoms with Crippen molar-refractivity contribution in [2.75, 3.05) is 0 Å². The highest BCUT2D eigenvalue weighted by Gasteiger charge is 2.21. The summed E-state index contributed by atoms with van der Waals surface area (Å²) in [5.41, 5.74) is 17.0. The van der Waals surface area contributed by atoms with Gasteiger partial charge in [0, 0.05) is 5.92 Å². The second-order valence-electron chi connectivity index (χ2n) is 10.0. The van der Waals surface area contributed by atoms with Gasteiger partial charge in [0.1, 0.15) is 0 Å². The molecule has 0 heterocycles. The van der Waals surface area contributed by atoms with Crippen LogP contribution in [0.15, 0.2) is 36.4 Å². The zero-order valence-corrected chi connectivity index (χ0v) is 21.3. The summed E-state index contributed by atoms with van der Waals surface area (Å²) < 4.78 is 0. The van der Waals surface area contributed by atoms with Crippen molar-refractivity contribution < 1.29 is 0 Å². The topological polar surface area (TPSA) is 0 Å². The lowest BCUT2D eigenvalue weighted by Crippen LogP contribution is -2.09. The molecule has 1 unspecified atom stereocenters. The number of hydrogen-bond donors (Lipinski definition) is 0. The maximum absolute atomic E-state index is 2.43. The smallest absolute Gasteiger partial charge is 0.00954 e. The molecular formula is C31H40. The fourth-order valence-electron chi connectivity index (χ4n) is 4.85. The van der Waals surface area contributed by atoms with E-state index < -0.39 is 0 Å². The average molecular weight is 413 g/mol. The second-order valence-corrected chi connectivity index (χ2v) is 10.0. The van der Waals surface area contributed by atoms with Crippen LogP contribution in [0.25, 0.3) is 0 Å². The molecule has 0 saturated carbocycles. The van der Waals surface area contributed by atoms with Crippen molar-refractivity contribution in [2.24, 2.45) is 0 Å². The molecule has 0 bridgehead atoms. The molecule has 0 spiro atoms. The summed E-state index contributed by atoms with van der Waals surface area (Å²) >= 11 is 0. The van der Waals surface area contributed by atoms with Gasteiger partial charge in [-0.05, 0) is 141 Å². The van der Waals surface area contributed by atoms with E-state index >= 15 is 0 Å². The molecule has 3 aromatic rings. The van der Waals surface area contributed by atoms with E-state index in [2.05, 4.69) is 106 Å². The zero-order chi connectivity index (χ0) is 23.0. The van der Waals surface area contributed by atoms with Crippen LogP contribution in [0.3, 0.4) is 0 Å². The Morgan fingerprint density at radius 1 is 0.452 bits per heavy atom. The molecule has 0 amide bonds. The van der Waals surface area contributed by atoms with Gasteiger partial charge >= 0.3 is 0 Å². The van der Waals surface area contributed by atoms with Gasteiger partial charge < -0.3 is 0 Å². The van der Waals surface area contributed by atoms with Crippen molar-refractivity contribution >= 4 is 0 Å². The van der Waals surface area contributed by atoms with Crippen LogP contribution in [0.2, 0.25) is 0 Å². The van der Waals surface area contributed by atoms with E-state index in [9.17, 15) is 0 Å². The van der Waals surface area contributed by atoms with Crippen LogP contribution >= 0.6 is 0 Å². The monoisotopic (exact) mass is 412 g/mol. The first-order valence-corrected chi connectivity index (χ1v) is 11.7. The molecule has 0 nitrogen and oxygen atoms in total. The van der Waals surface area contributed by atoms with E-state index in [1.807, 2.05) is 0 Å². The third kappa shape index (κ3) is 4.79. The summed E-state index contributed by atoms with van der Waals surface area (Å²) in [5.74, 6) is 0.889. The number of benzene rings is 3. The molecular weight excluding hydrogens is 372 g/mol. The minimum Gasteiger partial charge on any atom is -0.0584 e. The van der Waals surface area contributed by atoms with Gasteiger partial charge in [-0.1, -0.05) is 43.3 Å². The highest BCUT2D eigenvalue weighted by atomic mass is 14.3. The molecule has 164 valence electrons. The summed E-state index contributed by atoms with van der Waals surface area (Å²) in [6.07, 6.45) is 1.12. The fraction of sp³-hybridized carbons (Fsp3) is 0.419. The van der Waals surface area contributed by atoms with Crippen molar-refractivity contribution in [1.29, 1.82) is 0 Å². The SMILES string of the molecule is Cc1cc(C(C)CC(c2cc(C)c(C)c(C)c2)c2cc(C)c(C)c(C)c2)cc(C)c1C. The minimum atomic E-state index is 0.396. The molecule has 3 rings (SSSR count). The Hall–Kier alpha value is -2.34. The van der Waals surface area contributed by atoms with Crippen molar-refractivity contribution in [3.05, 3.63) is 103 Å². The maximum Gasteiger partial charge on any atom is 0.00954 e. The number of rotatable bonds is 5. The lowest BCUT2D eigenvalue weighted by Gasteiger charge is -2.26. The lowest BCUT2D eigenvalue weighted by molar-refractivity contribution is 0.614. The van der Waals surface area contributed by atoms with Crippen LogP contribution in [-0.4, -0.2) is 0 Å². The third-order valence-electron chi connectivity index (χ3n) is 7.81. The van der Waals surface area contributed by atoms with Gasteiger partial charge in [-0.15, -0.1) is 0 Å². The summed E-state index contributed by atoms with van der Waals surface area (Å²) in [7, 11) is 0. The molecule has 0 aliphatic carbocycles. The Bertz CT molecular complexity index is 986. The Balaban J connectivity index is 2.10. The predicted molar refractivity (Wildman–Crippen MR) is 137 cm³/mol. The van der Waals surface area contributed by atoms with Crippen LogP contribution in [0.1, 0.15) is 91.9 Å². The van der Waals surface area contributed by atoms with Gasteiger partial charge in [0.05, 0.1) is 0 Å². The van der Waals surface area contributed by atoms with E-state index in [4.69, 9.17) is 0 Å². The summed E-state index contributed by atoms with van der Waals surface area (Å²) in [6, 6.07) is 14.5. The van der Waals surface area contributed by atoms with Crippen molar-refractivity contribution in [2.45, 2.75) is 87.5 Å². The van der Waals surface area contributed by atoms with E-state index in [0.29, 0.717) is 11.8 Å². The Labute approximate surface area is 190 Å². The number of aryl methyl sites for hydroxylation is 6. The van der Waals surface area contributed by atoms with Gasteiger partial charge in [-0.25, -0.2) is 0 Å². The Kier molecular flexibility index (Phi) is 6.79. The van der Waals surface area contributed by atoms with Gasteiger partial charge in [0.2, 0.25) is 0 Å². The second kappa shape index (κ2) is 9.03. The van der Waals surface area contributed by atoms with Crippen molar-refractivity contribution in [3.63, 3.8) is 0 Å². The largest absolute Gasteiger partial charge is 0.0584 e. The summed E-state index contributed by atoms with van der Waals surface area (Å²) in [6.45, 7) is 22.6. The van der Waals surface area contributed by atoms with E-state index in [-0.39, 0.29) is 0 Å². The molecule has 0 fully saturated rings. The quantitative estimate of drug-likeness (QED) is 0.393. The standard InChI is InChI=1S/C31H40/c1-18-11-28(12-19(2)25(18)8)24(7)17-31(29-13-20(3)26(9)21(4)14-29)30-15-22(5)27(10)23(6)16-30/h11-16,24,31H,17H2,1-10H3. The third-order valence-corrected chi connectivity index (χ3v) is 7.81. The van der Waals surface area contributed by atoms with E-state index in [0.717, 1.165) is 6.42 Å². The molecule has 0 aromatic heterocycles. The predicted octanol–water partition coefficient (Wildman–Crippen LogP) is 8.79. The summed E-state index contributed by atoms with van der Waals surface area (Å²) in [4.78, 5) is 0. The average Bonchev–Trinajstić information content (AvgIpc) is 2.71. The van der Waals surface area contributed by atoms with Crippen LogP contribution in [-0.2, 0) is 0 Å². The molecule has 3 aromatic carbocycles. The zero-order valence-electron chi connectivity index (χ0n) is 21.3. The molecule has 31 heavy (non-hydrogen) atoms. The van der Waals surface area contributed by atoms with Crippen LogP contribution < -0.4 is 0 Å². The first kappa shape index (κ1) is 23.3. The van der Waals surface area contributed by atoms with Crippen molar-refractivity contribution in [1.82, 2.24) is 0 Å². The van der Waals surface area contributed by atoms with E-state index in [1.165, 1.54) is 66.8 Å². The van der Waals surface area contributed by atoms with Crippen LogP contribution in [0.5, 0.6) is 0 Å². The first-order chi connectivity index (χ1) is 14.5. The minimum absolute atomic E-state index is 0.396. The van der Waals surface area contributed by atoms with Gasteiger partial charge in [0.25, 0.3) is 0 Å². The fourth-order valence-corrected chi connectivity index (χ4v) is 4.85. The highest BCUT2D eigenvalue weighted by molar-refractivity contribution is 5.46. The molecule has 0 aliphatic rings. The number of hydrogen-bond acceptors (Lipinski definition) is 0. The van der Waals surface area contributed by atoms with Gasteiger partial charge in [-0.2, -0.15) is 0 Å². The Morgan fingerprint density at radius 2 is 0.710 bits per heavy atom. The Morgan fingerprint density at radius 3 is 1.00 bits per heavy atom. The first-order valence-electron chi connectivity index (χ1n) is 11.7. The molecule has 0 aliphatic heterocycles. The maximum atomic E-state index is 2.43. The van der Waals surface area contributed by atoms with Gasteiger partial charge in [0.15, 0.2) is 0 Å². The summed E-state index contributed by atoms with van der Waals surface area (Å²) in [5, 5.41) is 0. The van der Waals surface area contributed by atoms with Crippen LogP contribution in [0, 0.1) is 62.3 Å². The molecule has 0 saturated heterocycles. The normalized spacial score (nSPS) is 12.5. The molecule has 0 N–H and O–H groups in total. The lowest BCUT2D eigenvalue weighted by atomic mass is 9.79. The van der Waals surface area contributed by atoms with E-state index in [1.54, 1.807) is 0 Å². The highest BCUT2D eigenvalue weighted by Crippen LogP contribution is 2.38. The van der Waals surface area contributed by atoms with Gasteiger partial charge in [-0.3, -0.25) is 0 Å². The van der Waals surface area contributed by atoms with Crippen LogP contribution in [0.4, 0.5) is 0 Å².